The molecule has 342 valence electrons. The lowest BCUT2D eigenvalue weighted by Crippen LogP contribution is -2.58. The summed E-state index contributed by atoms with van der Waals surface area (Å²) in [7, 11) is -0.384. The molecule has 8 bridgehead atoms. The van der Waals surface area contributed by atoms with Crippen LogP contribution in [0.1, 0.15) is 83.6 Å². The Labute approximate surface area is 392 Å². The highest BCUT2D eigenvalue weighted by Gasteiger charge is 2.58. The molecular weight excluding hydrogens is 845 g/mol. The maximum absolute atomic E-state index is 13.0. The van der Waals surface area contributed by atoms with Gasteiger partial charge in [-0.1, -0.05) is 17.7 Å². The molecule has 0 aliphatic heterocycles. The molecule has 0 spiro atoms. The average molecular weight is 906 g/mol. The number of hydrogen-bond acceptors (Lipinski definition) is 8. The van der Waals surface area contributed by atoms with E-state index < -0.39 is 0 Å². The van der Waals surface area contributed by atoms with Crippen molar-refractivity contribution >= 4 is 22.8 Å². The molecule has 0 heterocycles. The summed E-state index contributed by atoms with van der Waals surface area (Å²) in [6, 6.07) is 40.0. The van der Waals surface area contributed by atoms with Gasteiger partial charge in [0, 0.05) is 0 Å². The minimum Gasteiger partial charge on any atom is -0.482 e. The second-order valence-electron chi connectivity index (χ2n) is 20.7. The molecule has 8 saturated carbocycles. The molecule has 8 nitrogen and oxygen atoms in total. The Morgan fingerprint density at radius 2 is 0.697 bits per heavy atom. The van der Waals surface area contributed by atoms with E-state index in [0.29, 0.717) is 46.7 Å². The van der Waals surface area contributed by atoms with Crippen molar-refractivity contribution in [1.29, 1.82) is 0 Å². The van der Waals surface area contributed by atoms with Gasteiger partial charge in [-0.05, 0) is 242 Å². The summed E-state index contributed by atoms with van der Waals surface area (Å²) >= 11 is 0. The van der Waals surface area contributed by atoms with E-state index >= 15 is 0 Å². The lowest BCUT2D eigenvalue weighted by molar-refractivity contribution is -0.205. The van der Waals surface area contributed by atoms with Gasteiger partial charge in [-0.2, -0.15) is 0 Å². The summed E-state index contributed by atoms with van der Waals surface area (Å²) in [6.07, 6.45) is 12.3. The minimum atomic E-state index is -0.384. The summed E-state index contributed by atoms with van der Waals surface area (Å²) in [5.41, 5.74) is 0.490. The van der Waals surface area contributed by atoms with E-state index in [4.69, 9.17) is 28.4 Å². The first-order valence-electron chi connectivity index (χ1n) is 24.3. The smallest absolute Gasteiger partial charge is 0.344 e. The van der Waals surface area contributed by atoms with Gasteiger partial charge in [0.2, 0.25) is 0 Å². The third-order valence-corrected chi connectivity index (χ3v) is 18.6. The molecule has 8 fully saturated rings. The van der Waals surface area contributed by atoms with Crippen LogP contribution in [0.5, 0.6) is 34.5 Å². The first-order chi connectivity index (χ1) is 32.0. The fourth-order valence-electron chi connectivity index (χ4n) is 13.3. The Hall–Kier alpha value is -5.41. The van der Waals surface area contributed by atoms with Crippen molar-refractivity contribution in [1.82, 2.24) is 0 Å². The molecule has 0 atom stereocenters. The topological polar surface area (TPSA) is 89.5 Å². The Kier molecular flexibility index (Phi) is 11.6. The maximum atomic E-state index is 13.0. The van der Waals surface area contributed by atoms with Gasteiger partial charge in [0.05, 0.1) is 10.9 Å². The molecule has 8 aliphatic rings. The molecule has 0 unspecified atom stereocenters. The predicted octanol–water partition coefficient (Wildman–Crippen LogP) is 12.9. The lowest BCUT2D eigenvalue weighted by Gasteiger charge is -2.59. The van der Waals surface area contributed by atoms with E-state index in [2.05, 4.69) is 69.3 Å². The monoisotopic (exact) mass is 905 g/mol. The van der Waals surface area contributed by atoms with Gasteiger partial charge in [0.15, 0.2) is 27.9 Å². The van der Waals surface area contributed by atoms with Crippen molar-refractivity contribution in [2.75, 3.05) is 13.2 Å². The molecule has 0 amide bonds. The van der Waals surface area contributed by atoms with Gasteiger partial charge < -0.3 is 28.4 Å². The molecule has 0 radical (unpaired) electrons. The minimum absolute atomic E-state index is 0.103. The predicted molar refractivity (Wildman–Crippen MR) is 253 cm³/mol. The van der Waals surface area contributed by atoms with Crippen molar-refractivity contribution in [3.8, 4) is 34.5 Å². The number of rotatable bonds is 15. The second-order valence-corrected chi connectivity index (χ2v) is 22.7. The molecule has 66 heavy (non-hydrogen) atoms. The summed E-state index contributed by atoms with van der Waals surface area (Å²) in [5.74, 6) is 8.63. The van der Waals surface area contributed by atoms with Crippen LogP contribution >= 0.6 is 0 Å². The normalized spacial score (nSPS) is 30.3. The third kappa shape index (κ3) is 8.80. The Morgan fingerprint density at radius 3 is 1.02 bits per heavy atom. The number of ether oxygens (including phenoxy) is 6. The van der Waals surface area contributed by atoms with Crippen LogP contribution in [0.2, 0.25) is 0 Å². The van der Waals surface area contributed by atoms with Crippen molar-refractivity contribution in [2.24, 2.45) is 47.3 Å². The number of benzene rings is 5. The summed E-state index contributed by atoms with van der Waals surface area (Å²) in [4.78, 5) is 29.5. The molecule has 5 aromatic rings. The van der Waals surface area contributed by atoms with E-state index in [-0.39, 0.29) is 47.2 Å². The first kappa shape index (κ1) is 43.2. The number of hydrogen-bond donors (Lipinski definition) is 0. The zero-order valence-corrected chi connectivity index (χ0v) is 39.1. The highest BCUT2D eigenvalue weighted by Crippen LogP contribution is 2.60. The molecule has 13 rings (SSSR count). The third-order valence-electron chi connectivity index (χ3n) is 16.4. The van der Waals surface area contributed by atoms with Gasteiger partial charge in [-0.15, -0.1) is 0 Å². The van der Waals surface area contributed by atoms with Crippen LogP contribution in [-0.2, 0) is 30.0 Å². The van der Waals surface area contributed by atoms with Crippen molar-refractivity contribution in [2.45, 2.75) is 111 Å². The fourth-order valence-corrected chi connectivity index (χ4v) is 15.3. The summed E-state index contributed by atoms with van der Waals surface area (Å²) in [5, 5.41) is 0. The summed E-state index contributed by atoms with van der Waals surface area (Å²) in [6.45, 7) is 6.23. The molecule has 0 aromatic heterocycles. The van der Waals surface area contributed by atoms with E-state index in [1.165, 1.54) is 74.7 Å². The Balaban J connectivity index is 0.683. The Bertz CT molecular complexity index is 2310. The van der Waals surface area contributed by atoms with Crippen LogP contribution in [0.15, 0.2) is 136 Å². The second kappa shape index (κ2) is 17.7. The molecule has 0 N–H and O–H groups in total. The molecule has 8 aliphatic carbocycles. The zero-order valence-electron chi connectivity index (χ0n) is 38.3. The zero-order chi connectivity index (χ0) is 45.0. The fraction of sp³-hybridized carbons (Fsp3) is 0.439. The van der Waals surface area contributed by atoms with Crippen LogP contribution in [0.4, 0.5) is 0 Å². The number of aryl methyl sites for hydroxylation is 1. The number of carbonyl (C=O) groups is 2. The van der Waals surface area contributed by atoms with Gasteiger partial charge in [0.25, 0.3) is 0 Å². The van der Waals surface area contributed by atoms with E-state index in [9.17, 15) is 9.59 Å². The lowest BCUT2D eigenvalue weighted by atomic mass is 9.50. The van der Waals surface area contributed by atoms with Crippen molar-refractivity contribution in [3.05, 3.63) is 127 Å². The van der Waals surface area contributed by atoms with Crippen LogP contribution in [0, 0.1) is 54.3 Å². The van der Waals surface area contributed by atoms with E-state index in [1.807, 2.05) is 72.8 Å². The van der Waals surface area contributed by atoms with Crippen LogP contribution in [0.3, 0.4) is 0 Å². The quantitative estimate of drug-likeness (QED) is 0.0758. The van der Waals surface area contributed by atoms with E-state index in [1.54, 1.807) is 0 Å². The van der Waals surface area contributed by atoms with E-state index in [0.717, 1.165) is 45.0 Å². The molecule has 5 aromatic carbocycles. The van der Waals surface area contributed by atoms with Crippen LogP contribution in [0.25, 0.3) is 0 Å². The van der Waals surface area contributed by atoms with Gasteiger partial charge in [-0.3, -0.25) is 0 Å². The largest absolute Gasteiger partial charge is 0.482 e. The number of carbonyl (C=O) groups excluding carboxylic acids is 2. The van der Waals surface area contributed by atoms with Crippen LogP contribution in [-0.4, -0.2) is 36.4 Å². The molecular formula is C57H61O8S+. The van der Waals surface area contributed by atoms with Gasteiger partial charge >= 0.3 is 11.9 Å². The average Bonchev–Trinajstić information content (AvgIpc) is 3.31. The van der Waals surface area contributed by atoms with Gasteiger partial charge in [-0.25, -0.2) is 9.59 Å². The first-order valence-corrected chi connectivity index (χ1v) is 25.5. The highest BCUT2D eigenvalue weighted by atomic mass is 32.2. The Morgan fingerprint density at radius 1 is 0.424 bits per heavy atom. The SMILES string of the molecule is Cc1ccc([S+](c2ccc(Oc3ccc(OCC(=O)OC4(C)C5CC6CC(C5)CC4C6)cc3)cc2)c2ccc(Oc3ccc(OCC(=O)OC4(C)C5CC6CC(C5)CC4C6)cc3)cc2)cc1. The van der Waals surface area contributed by atoms with Gasteiger partial charge in [0.1, 0.15) is 45.7 Å². The van der Waals surface area contributed by atoms with Crippen molar-refractivity contribution < 1.29 is 38.0 Å². The van der Waals surface area contributed by atoms with Crippen molar-refractivity contribution in [3.63, 3.8) is 0 Å². The standard InChI is InChI=1S/C57H61O8S/c1-36-4-18-51(19-5-36)66(52-20-14-49(15-21-52)62-47-10-6-45(7-11-47)60-34-54(58)64-56(2)41-26-37-24-38(28-41)29-42(56)27-37)53-22-16-50(17-23-53)63-48-12-8-46(9-13-48)61-35-55(59)65-57(3)43-30-39-25-40(32-43)33-44(57)31-39/h4-23,37-44H,24-35H2,1-3H3/q+1. The summed E-state index contributed by atoms with van der Waals surface area (Å²) < 4.78 is 36.6. The number of esters is 2. The maximum Gasteiger partial charge on any atom is 0.344 e. The van der Waals surface area contributed by atoms with Crippen LogP contribution < -0.4 is 18.9 Å². The molecule has 0 saturated heterocycles. The highest BCUT2D eigenvalue weighted by molar-refractivity contribution is 7.97. The molecule has 9 heteroatoms.